The lowest BCUT2D eigenvalue weighted by Gasteiger charge is -2.04. The summed E-state index contributed by atoms with van der Waals surface area (Å²) >= 11 is 0. The van der Waals surface area contributed by atoms with E-state index in [1.165, 1.54) is 154 Å². The molecule has 0 aromatic heterocycles. The highest BCUT2D eigenvalue weighted by Gasteiger charge is 2.02. The topological polar surface area (TPSA) is 17.1 Å². The van der Waals surface area contributed by atoms with Crippen LogP contribution in [0.2, 0.25) is 0 Å². The van der Waals surface area contributed by atoms with Gasteiger partial charge in [-0.25, -0.2) is 0 Å². The van der Waals surface area contributed by atoms with Crippen molar-refractivity contribution in [1.29, 1.82) is 0 Å². The van der Waals surface area contributed by atoms with Crippen molar-refractivity contribution in [3.05, 3.63) is 6.42 Å². The van der Waals surface area contributed by atoms with Crippen molar-refractivity contribution < 1.29 is 4.79 Å². The Morgan fingerprint density at radius 3 is 1.09 bits per heavy atom. The summed E-state index contributed by atoms with van der Waals surface area (Å²) in [5, 5.41) is 0. The quantitative estimate of drug-likeness (QED) is 0.101. The zero-order valence-electron chi connectivity index (χ0n) is 23.3. The first-order chi connectivity index (χ1) is 16.3. The van der Waals surface area contributed by atoms with E-state index in [1.54, 1.807) is 0 Å². The normalized spacial score (nSPS) is 11.3. The summed E-state index contributed by atoms with van der Waals surface area (Å²) in [6.07, 6.45) is 39.6. The second kappa shape index (κ2) is 29.7. The molecule has 0 heterocycles. The van der Waals surface area contributed by atoms with Gasteiger partial charge in [-0.15, -0.1) is 0 Å². The molecule has 0 N–H and O–H groups in total. The van der Waals surface area contributed by atoms with Crippen LogP contribution in [0.25, 0.3) is 0 Å². The fourth-order valence-corrected chi connectivity index (χ4v) is 4.83. The predicted molar refractivity (Wildman–Crippen MR) is 150 cm³/mol. The monoisotopic (exact) mass is 463 g/mol. The maximum atomic E-state index is 12.0. The summed E-state index contributed by atoms with van der Waals surface area (Å²) in [4.78, 5) is 12.0. The van der Waals surface area contributed by atoms with Crippen molar-refractivity contribution in [3.8, 4) is 0 Å². The number of Topliss-reactive ketones (excluding diaryl/α,β-unsaturated/α-hetero) is 1. The van der Waals surface area contributed by atoms with Gasteiger partial charge in [0.25, 0.3) is 0 Å². The van der Waals surface area contributed by atoms with E-state index in [1.807, 2.05) is 0 Å². The van der Waals surface area contributed by atoms with Crippen molar-refractivity contribution in [1.82, 2.24) is 0 Å². The molecule has 0 atom stereocenters. The van der Waals surface area contributed by atoms with Crippen LogP contribution in [0.4, 0.5) is 0 Å². The Kier molecular flexibility index (Phi) is 29.4. The fraction of sp³-hybridized carbons (Fsp3) is 0.938. The molecule has 0 aromatic rings. The molecule has 0 rings (SSSR count). The van der Waals surface area contributed by atoms with E-state index in [0.717, 1.165) is 25.7 Å². The molecule has 1 nitrogen and oxygen atoms in total. The van der Waals surface area contributed by atoms with Gasteiger partial charge in [-0.2, -0.15) is 0 Å². The van der Waals surface area contributed by atoms with Crippen LogP contribution >= 0.6 is 0 Å². The third-order valence-electron chi connectivity index (χ3n) is 7.19. The Hall–Kier alpha value is -0.330. The maximum Gasteiger partial charge on any atom is 0.133 e. The summed E-state index contributed by atoms with van der Waals surface area (Å²) in [5.74, 6) is 0.469. The van der Waals surface area contributed by atoms with Gasteiger partial charge in [0.2, 0.25) is 0 Å². The zero-order chi connectivity index (χ0) is 24.1. The van der Waals surface area contributed by atoms with Crippen LogP contribution in [-0.4, -0.2) is 5.78 Å². The number of hydrogen-bond acceptors (Lipinski definition) is 1. The average molecular weight is 464 g/mol. The number of rotatable bonds is 29. The minimum absolute atomic E-state index is 0.469. The molecule has 0 spiro atoms. The average Bonchev–Trinajstić information content (AvgIpc) is 2.82. The second-order valence-electron chi connectivity index (χ2n) is 10.7. The molecule has 0 saturated carbocycles. The molecule has 1 heteroatoms. The van der Waals surface area contributed by atoms with Crippen LogP contribution < -0.4 is 0 Å². The molecule has 33 heavy (non-hydrogen) atoms. The molecular weight excluding hydrogens is 400 g/mol. The Balaban J connectivity index is 3.13. The Morgan fingerprint density at radius 2 is 0.727 bits per heavy atom. The molecule has 0 bridgehead atoms. The van der Waals surface area contributed by atoms with Crippen LogP contribution in [0.15, 0.2) is 0 Å². The lowest BCUT2D eigenvalue weighted by Crippen LogP contribution is -1.98. The van der Waals surface area contributed by atoms with Crippen LogP contribution in [0.5, 0.6) is 0 Å². The Labute approximate surface area is 210 Å². The van der Waals surface area contributed by atoms with Gasteiger partial charge in [0.1, 0.15) is 5.78 Å². The summed E-state index contributed by atoms with van der Waals surface area (Å²) in [5.41, 5.74) is 0. The number of carbonyl (C=O) groups excluding carboxylic acids is 1. The predicted octanol–water partition coefficient (Wildman–Crippen LogP) is 11.7. The van der Waals surface area contributed by atoms with E-state index in [0.29, 0.717) is 5.78 Å². The standard InChI is InChI=1S/C32H63O/c1-3-5-7-9-11-13-15-16-17-18-19-21-23-25-27-29-31-32(33)30-28-26-24-22-20-14-12-10-8-6-4-2/h29H,3-28,30-31H2,1-2H3. The minimum atomic E-state index is 0.469. The Bertz CT molecular complexity index is 362. The molecule has 0 aliphatic rings. The third kappa shape index (κ3) is 29.6. The van der Waals surface area contributed by atoms with Crippen molar-refractivity contribution in [3.63, 3.8) is 0 Å². The van der Waals surface area contributed by atoms with E-state index in [9.17, 15) is 4.79 Å². The van der Waals surface area contributed by atoms with Gasteiger partial charge in [0, 0.05) is 12.8 Å². The summed E-state index contributed by atoms with van der Waals surface area (Å²) in [6, 6.07) is 0. The SMILES string of the molecule is CCCCCCCCCCCCCCCC[CH]CC(=O)CCCCCCCCCCCCC. The summed E-state index contributed by atoms with van der Waals surface area (Å²) in [7, 11) is 0. The van der Waals surface area contributed by atoms with Crippen LogP contribution in [0.1, 0.15) is 194 Å². The van der Waals surface area contributed by atoms with E-state index in [2.05, 4.69) is 20.3 Å². The number of ketones is 1. The van der Waals surface area contributed by atoms with E-state index >= 15 is 0 Å². The molecule has 0 unspecified atom stereocenters. The first-order valence-electron chi connectivity index (χ1n) is 15.6. The van der Waals surface area contributed by atoms with E-state index < -0.39 is 0 Å². The van der Waals surface area contributed by atoms with E-state index in [-0.39, 0.29) is 0 Å². The van der Waals surface area contributed by atoms with E-state index in [4.69, 9.17) is 0 Å². The molecule has 0 fully saturated rings. The van der Waals surface area contributed by atoms with Crippen LogP contribution in [0, 0.1) is 6.42 Å². The van der Waals surface area contributed by atoms with Crippen molar-refractivity contribution in [2.45, 2.75) is 194 Å². The smallest absolute Gasteiger partial charge is 0.133 e. The van der Waals surface area contributed by atoms with Crippen molar-refractivity contribution in [2.75, 3.05) is 0 Å². The van der Waals surface area contributed by atoms with Crippen LogP contribution in [0.3, 0.4) is 0 Å². The van der Waals surface area contributed by atoms with Gasteiger partial charge in [-0.1, -0.05) is 168 Å². The first kappa shape index (κ1) is 32.7. The molecule has 0 aromatic carbocycles. The zero-order valence-corrected chi connectivity index (χ0v) is 23.3. The van der Waals surface area contributed by atoms with Gasteiger partial charge in [-0.3, -0.25) is 4.79 Å². The molecule has 197 valence electrons. The van der Waals surface area contributed by atoms with Gasteiger partial charge in [0.05, 0.1) is 0 Å². The number of hydrogen-bond donors (Lipinski definition) is 0. The van der Waals surface area contributed by atoms with Gasteiger partial charge < -0.3 is 0 Å². The number of unbranched alkanes of at least 4 members (excludes halogenated alkanes) is 25. The maximum absolute atomic E-state index is 12.0. The third-order valence-corrected chi connectivity index (χ3v) is 7.19. The summed E-state index contributed by atoms with van der Waals surface area (Å²) in [6.45, 7) is 4.57. The highest BCUT2D eigenvalue weighted by molar-refractivity contribution is 5.79. The lowest BCUT2D eigenvalue weighted by atomic mass is 10.0. The Morgan fingerprint density at radius 1 is 0.424 bits per heavy atom. The largest absolute Gasteiger partial charge is 0.300 e. The minimum Gasteiger partial charge on any atom is -0.300 e. The van der Waals surface area contributed by atoms with Gasteiger partial charge in [0.15, 0.2) is 0 Å². The molecule has 0 aliphatic heterocycles. The number of carbonyl (C=O) groups is 1. The van der Waals surface area contributed by atoms with Crippen molar-refractivity contribution >= 4 is 5.78 Å². The fourth-order valence-electron chi connectivity index (χ4n) is 4.83. The van der Waals surface area contributed by atoms with Gasteiger partial charge >= 0.3 is 0 Å². The van der Waals surface area contributed by atoms with Gasteiger partial charge in [-0.05, 0) is 19.3 Å². The molecule has 0 aliphatic carbocycles. The molecule has 0 amide bonds. The molecule has 1 radical (unpaired) electrons. The lowest BCUT2D eigenvalue weighted by molar-refractivity contribution is -0.118. The molecular formula is C32H63O. The molecule has 0 saturated heterocycles. The second-order valence-corrected chi connectivity index (χ2v) is 10.7. The highest BCUT2D eigenvalue weighted by atomic mass is 16.1. The van der Waals surface area contributed by atoms with Crippen molar-refractivity contribution in [2.24, 2.45) is 0 Å². The first-order valence-corrected chi connectivity index (χ1v) is 15.6. The summed E-state index contributed by atoms with van der Waals surface area (Å²) < 4.78 is 0. The van der Waals surface area contributed by atoms with Crippen LogP contribution in [-0.2, 0) is 4.79 Å². The highest BCUT2D eigenvalue weighted by Crippen LogP contribution is 2.15.